The lowest BCUT2D eigenvalue weighted by Crippen LogP contribution is -2.65. The van der Waals surface area contributed by atoms with E-state index in [-0.39, 0.29) is 12.7 Å². The fourth-order valence-electron chi connectivity index (χ4n) is 4.53. The molecule has 2 bridgehead atoms. The molecule has 9 heteroatoms. The van der Waals surface area contributed by atoms with Crippen LogP contribution in [0.25, 0.3) is 0 Å². The van der Waals surface area contributed by atoms with E-state index in [1.807, 2.05) is 45.0 Å². The molecule has 2 heterocycles. The molecule has 2 saturated heterocycles. The smallest absolute Gasteiger partial charge is 0.225 e. The van der Waals surface area contributed by atoms with Crippen molar-refractivity contribution < 1.29 is 34.7 Å². The third-order valence-electron chi connectivity index (χ3n) is 6.57. The maximum absolute atomic E-state index is 10.8. The molecule has 2 fully saturated rings. The van der Waals surface area contributed by atoms with Crippen LogP contribution in [-0.2, 0) is 26.5 Å². The van der Waals surface area contributed by atoms with Crippen LogP contribution in [0.15, 0.2) is 47.6 Å². The molecule has 4 rings (SSSR count). The van der Waals surface area contributed by atoms with Gasteiger partial charge in [-0.1, -0.05) is 54.0 Å². The van der Waals surface area contributed by atoms with E-state index in [1.165, 1.54) is 0 Å². The molecule has 0 aliphatic carbocycles. The van der Waals surface area contributed by atoms with Crippen molar-refractivity contribution in [2.24, 2.45) is 5.16 Å². The van der Waals surface area contributed by atoms with Crippen LogP contribution in [0, 0.1) is 0 Å². The van der Waals surface area contributed by atoms with Crippen molar-refractivity contribution >= 4 is 17.3 Å². The number of fused-ring (bicyclic) bond motifs is 2. The zero-order chi connectivity index (χ0) is 25.4. The van der Waals surface area contributed by atoms with Gasteiger partial charge in [-0.2, -0.15) is 0 Å². The van der Waals surface area contributed by atoms with E-state index in [9.17, 15) is 20.4 Å². The predicted octanol–water partition coefficient (Wildman–Crippen LogP) is 2.50. The van der Waals surface area contributed by atoms with Crippen LogP contribution in [0.5, 0.6) is 0 Å². The highest BCUT2D eigenvalue weighted by Crippen LogP contribution is 2.49. The molecule has 2 aliphatic rings. The van der Waals surface area contributed by atoms with Gasteiger partial charge in [0.25, 0.3) is 0 Å². The third-order valence-corrected chi connectivity index (χ3v) is 6.94. The van der Waals surface area contributed by atoms with E-state index in [2.05, 4.69) is 5.16 Å². The quantitative estimate of drug-likeness (QED) is 0.321. The van der Waals surface area contributed by atoms with E-state index in [4.69, 9.17) is 25.9 Å². The van der Waals surface area contributed by atoms with Crippen LogP contribution < -0.4 is 0 Å². The van der Waals surface area contributed by atoms with E-state index < -0.39 is 36.3 Å². The summed E-state index contributed by atoms with van der Waals surface area (Å²) < 4.78 is 11.8. The Balaban J connectivity index is 1.60. The zero-order valence-electron chi connectivity index (χ0n) is 20.0. The van der Waals surface area contributed by atoms with Gasteiger partial charge in [-0.15, -0.1) is 0 Å². The van der Waals surface area contributed by atoms with E-state index in [1.54, 1.807) is 18.2 Å². The van der Waals surface area contributed by atoms with Gasteiger partial charge >= 0.3 is 0 Å². The van der Waals surface area contributed by atoms with E-state index in [0.29, 0.717) is 17.0 Å². The highest BCUT2D eigenvalue weighted by Gasteiger charge is 2.67. The Morgan fingerprint density at radius 2 is 1.86 bits per heavy atom. The number of nitrogens with zero attached hydrogens (tertiary/aromatic N) is 1. The standard InChI is InChI=1S/C26H32ClNO7/c1-4-21(28-34-15(2)3)17-7-5-16(6-8-17)11-18-12-19(9-10-20(18)27)26-24(32)22(30)23(31)25(13-29,35-26)14-33-26/h5-10,12,15,22-24,29-32H,4,11,13-14H2,1-3H3/b28-21+/t22-,23-,24+,25-,26-/m0/s1. The topological polar surface area (TPSA) is 121 Å². The second-order valence-corrected chi connectivity index (χ2v) is 9.79. The summed E-state index contributed by atoms with van der Waals surface area (Å²) in [6.07, 6.45) is -3.37. The van der Waals surface area contributed by atoms with Gasteiger partial charge < -0.3 is 34.7 Å². The van der Waals surface area contributed by atoms with Crippen molar-refractivity contribution in [1.82, 2.24) is 0 Å². The van der Waals surface area contributed by atoms with E-state index in [0.717, 1.165) is 28.8 Å². The maximum atomic E-state index is 10.8. The van der Waals surface area contributed by atoms with Crippen LogP contribution in [0.2, 0.25) is 5.02 Å². The average molecular weight is 506 g/mol. The number of benzene rings is 2. The Bertz CT molecular complexity index is 1080. The number of aliphatic hydroxyl groups excluding tert-OH is 4. The largest absolute Gasteiger partial charge is 0.393 e. The van der Waals surface area contributed by atoms with Crippen molar-refractivity contribution in [3.63, 3.8) is 0 Å². The molecule has 0 saturated carbocycles. The Morgan fingerprint density at radius 1 is 1.14 bits per heavy atom. The predicted molar refractivity (Wildman–Crippen MR) is 130 cm³/mol. The average Bonchev–Trinajstić information content (AvgIpc) is 3.24. The van der Waals surface area contributed by atoms with E-state index >= 15 is 0 Å². The number of oxime groups is 1. The van der Waals surface area contributed by atoms with Gasteiger partial charge in [0.1, 0.15) is 30.0 Å². The Labute approximate surface area is 209 Å². The minimum absolute atomic E-state index is 0.00660. The summed E-state index contributed by atoms with van der Waals surface area (Å²) in [5, 5.41) is 46.2. The lowest BCUT2D eigenvalue weighted by atomic mass is 9.83. The summed E-state index contributed by atoms with van der Waals surface area (Å²) in [5.74, 6) is -1.73. The highest BCUT2D eigenvalue weighted by molar-refractivity contribution is 6.31. The van der Waals surface area contributed by atoms with Crippen molar-refractivity contribution in [1.29, 1.82) is 0 Å². The third kappa shape index (κ3) is 4.72. The van der Waals surface area contributed by atoms with Crippen LogP contribution in [0.4, 0.5) is 0 Å². The molecule has 0 unspecified atom stereocenters. The van der Waals surface area contributed by atoms with Crippen molar-refractivity contribution in [3.8, 4) is 0 Å². The number of halogens is 1. The summed E-state index contributed by atoms with van der Waals surface area (Å²) in [7, 11) is 0. The lowest BCUT2D eigenvalue weighted by molar-refractivity contribution is -0.329. The number of aliphatic hydroxyl groups is 4. The van der Waals surface area contributed by atoms with Crippen molar-refractivity contribution in [2.75, 3.05) is 13.2 Å². The summed E-state index contributed by atoms with van der Waals surface area (Å²) in [4.78, 5) is 5.40. The maximum Gasteiger partial charge on any atom is 0.225 e. The van der Waals surface area contributed by atoms with Gasteiger partial charge in [0.15, 0.2) is 0 Å². The molecule has 2 aliphatic heterocycles. The fraction of sp³-hybridized carbons (Fsp3) is 0.500. The molecule has 8 nitrogen and oxygen atoms in total. The highest BCUT2D eigenvalue weighted by atomic mass is 35.5. The number of hydrogen-bond donors (Lipinski definition) is 4. The Hall–Kier alpha value is -2.04. The molecule has 0 radical (unpaired) electrons. The Morgan fingerprint density at radius 3 is 2.49 bits per heavy atom. The molecule has 5 atom stereocenters. The fourth-order valence-corrected chi connectivity index (χ4v) is 4.71. The van der Waals surface area contributed by atoms with Crippen molar-refractivity contribution in [2.45, 2.75) is 69.4 Å². The summed E-state index contributed by atoms with van der Waals surface area (Å²) in [5.41, 5.74) is 2.52. The molecular formula is C26H32ClNO7. The zero-order valence-corrected chi connectivity index (χ0v) is 20.8. The second-order valence-electron chi connectivity index (χ2n) is 9.39. The minimum atomic E-state index is -1.73. The number of hydrogen-bond acceptors (Lipinski definition) is 8. The Kier molecular flexibility index (Phi) is 7.54. The van der Waals surface area contributed by atoms with Crippen molar-refractivity contribution in [3.05, 3.63) is 69.7 Å². The van der Waals surface area contributed by atoms with Crippen LogP contribution in [-0.4, -0.2) is 69.4 Å². The van der Waals surface area contributed by atoms with Crippen LogP contribution in [0.1, 0.15) is 49.4 Å². The van der Waals surface area contributed by atoms with Gasteiger partial charge in [-0.05, 0) is 55.5 Å². The van der Waals surface area contributed by atoms with Gasteiger partial charge in [-0.25, -0.2) is 0 Å². The van der Waals surface area contributed by atoms with Gasteiger partial charge in [0.2, 0.25) is 5.79 Å². The second kappa shape index (κ2) is 10.1. The first-order valence-corrected chi connectivity index (χ1v) is 12.1. The van der Waals surface area contributed by atoms with Gasteiger partial charge in [0.05, 0.1) is 18.9 Å². The molecular weight excluding hydrogens is 474 g/mol. The number of ether oxygens (including phenoxy) is 2. The normalized spacial score (nSPS) is 30.7. The molecule has 0 aromatic heterocycles. The molecule has 35 heavy (non-hydrogen) atoms. The monoisotopic (exact) mass is 505 g/mol. The van der Waals surface area contributed by atoms with Gasteiger partial charge in [0, 0.05) is 10.6 Å². The molecule has 2 aromatic rings. The molecule has 0 amide bonds. The lowest BCUT2D eigenvalue weighted by Gasteiger charge is -2.46. The first kappa shape index (κ1) is 26.0. The molecule has 190 valence electrons. The van der Waals surface area contributed by atoms with Gasteiger partial charge in [-0.3, -0.25) is 0 Å². The summed E-state index contributed by atoms with van der Waals surface area (Å²) in [6, 6.07) is 13.0. The van der Waals surface area contributed by atoms with Crippen LogP contribution >= 0.6 is 11.6 Å². The molecule has 2 aromatic carbocycles. The molecule has 4 N–H and O–H groups in total. The first-order valence-electron chi connectivity index (χ1n) is 11.8. The number of rotatable bonds is 8. The molecule has 0 spiro atoms. The summed E-state index contributed by atoms with van der Waals surface area (Å²) in [6.45, 7) is 5.13. The minimum Gasteiger partial charge on any atom is -0.393 e. The van der Waals surface area contributed by atoms with Crippen LogP contribution in [0.3, 0.4) is 0 Å². The SMILES string of the molecule is CC/C(=N\OC(C)C)c1ccc(Cc2cc([C@]34OC[C@](CO)(O3)[C@@H](O)[C@H](O)[C@H]4O)ccc2Cl)cc1. The summed E-state index contributed by atoms with van der Waals surface area (Å²) >= 11 is 6.49. The first-order chi connectivity index (χ1) is 16.7.